The van der Waals surface area contributed by atoms with E-state index in [-0.39, 0.29) is 0 Å². The Bertz CT molecular complexity index is 435. The van der Waals surface area contributed by atoms with Crippen molar-refractivity contribution in [3.63, 3.8) is 0 Å². The minimum atomic E-state index is -0.551. The molecular formula is C25H41F. The van der Waals surface area contributed by atoms with Gasteiger partial charge in [-0.15, -0.1) is 0 Å². The molecule has 0 heterocycles. The molecule has 0 radical (unpaired) electrons. The minimum absolute atomic E-state index is 0.489. The van der Waals surface area contributed by atoms with Gasteiger partial charge in [0.15, 0.2) is 0 Å². The zero-order chi connectivity index (χ0) is 18.2. The number of unbranched alkanes of at least 4 members (excludes halogenated alkanes) is 2. The Labute approximate surface area is 162 Å². The summed E-state index contributed by atoms with van der Waals surface area (Å²) >= 11 is 0. The molecule has 0 spiro atoms. The van der Waals surface area contributed by atoms with Crippen LogP contribution < -0.4 is 0 Å². The normalized spacial score (nSPS) is 38.4. The Kier molecular flexibility index (Phi) is 8.35. The minimum Gasteiger partial charge on any atom is -0.247 e. The zero-order valence-electron chi connectivity index (χ0n) is 17.2. The third-order valence-electron chi connectivity index (χ3n) is 7.69. The number of hydrogen-bond donors (Lipinski definition) is 0. The maximum Gasteiger partial charge on any atom is 0.100 e. The number of alkyl halides is 1. The first-order valence-corrected chi connectivity index (χ1v) is 11.9. The lowest BCUT2D eigenvalue weighted by Crippen LogP contribution is -2.25. The highest BCUT2D eigenvalue weighted by Crippen LogP contribution is 2.42. The highest BCUT2D eigenvalue weighted by Gasteiger charge is 2.30. The molecule has 0 aliphatic heterocycles. The molecule has 0 saturated heterocycles. The average molecular weight is 361 g/mol. The monoisotopic (exact) mass is 360 g/mol. The molecule has 0 atom stereocenters. The van der Waals surface area contributed by atoms with Crippen molar-refractivity contribution in [1.82, 2.24) is 0 Å². The number of rotatable bonds is 5. The van der Waals surface area contributed by atoms with Crippen LogP contribution in [0.15, 0.2) is 0 Å². The fraction of sp³-hybridized carbons (Fsp3) is 0.920. The van der Waals surface area contributed by atoms with Gasteiger partial charge in [-0.2, -0.15) is 0 Å². The van der Waals surface area contributed by atoms with Crippen LogP contribution in [0.3, 0.4) is 0 Å². The molecule has 0 aromatic carbocycles. The van der Waals surface area contributed by atoms with Crippen LogP contribution in [0.1, 0.15) is 110 Å². The maximum atomic E-state index is 13.2. The van der Waals surface area contributed by atoms with Crippen molar-refractivity contribution >= 4 is 0 Å². The predicted octanol–water partition coefficient (Wildman–Crippen LogP) is 7.71. The molecule has 3 fully saturated rings. The lowest BCUT2D eigenvalue weighted by Gasteiger charge is -2.37. The van der Waals surface area contributed by atoms with Gasteiger partial charge >= 0.3 is 0 Å². The van der Waals surface area contributed by atoms with E-state index in [0.29, 0.717) is 11.8 Å². The summed E-state index contributed by atoms with van der Waals surface area (Å²) in [6.07, 6.45) is 20.2. The van der Waals surface area contributed by atoms with E-state index in [1.54, 1.807) is 0 Å². The van der Waals surface area contributed by atoms with E-state index < -0.39 is 6.17 Å². The van der Waals surface area contributed by atoms with Gasteiger partial charge in [-0.05, 0) is 82.0 Å². The molecule has 0 unspecified atom stereocenters. The van der Waals surface area contributed by atoms with E-state index in [2.05, 4.69) is 18.8 Å². The Morgan fingerprint density at radius 1 is 0.654 bits per heavy atom. The molecule has 0 N–H and O–H groups in total. The van der Waals surface area contributed by atoms with Gasteiger partial charge in [-0.25, -0.2) is 4.39 Å². The topological polar surface area (TPSA) is 0 Å². The summed E-state index contributed by atoms with van der Waals surface area (Å²) in [5.41, 5.74) is 0. The Morgan fingerprint density at radius 2 is 1.15 bits per heavy atom. The molecule has 0 bridgehead atoms. The molecule has 3 rings (SSSR count). The van der Waals surface area contributed by atoms with E-state index in [0.717, 1.165) is 43.4 Å². The van der Waals surface area contributed by atoms with E-state index in [9.17, 15) is 4.39 Å². The molecule has 148 valence electrons. The van der Waals surface area contributed by atoms with E-state index in [1.807, 2.05) is 0 Å². The van der Waals surface area contributed by atoms with Crippen LogP contribution in [0.25, 0.3) is 0 Å². The molecule has 0 amide bonds. The van der Waals surface area contributed by atoms with Gasteiger partial charge in [0, 0.05) is 11.8 Å². The van der Waals surface area contributed by atoms with Crippen LogP contribution in [0.2, 0.25) is 0 Å². The Hall–Kier alpha value is -0.510. The second kappa shape index (κ2) is 10.7. The summed E-state index contributed by atoms with van der Waals surface area (Å²) in [6.45, 7) is 2.31. The van der Waals surface area contributed by atoms with Crippen molar-refractivity contribution in [3.05, 3.63) is 0 Å². The van der Waals surface area contributed by atoms with Crippen molar-refractivity contribution in [2.75, 3.05) is 0 Å². The van der Waals surface area contributed by atoms with Crippen molar-refractivity contribution in [2.45, 2.75) is 116 Å². The van der Waals surface area contributed by atoms with Gasteiger partial charge in [0.1, 0.15) is 6.17 Å². The van der Waals surface area contributed by atoms with Gasteiger partial charge in [0.05, 0.1) is 0 Å². The highest BCUT2D eigenvalue weighted by molar-refractivity contribution is 5.09. The Balaban J connectivity index is 1.33. The van der Waals surface area contributed by atoms with Gasteiger partial charge < -0.3 is 0 Å². The molecule has 0 aromatic rings. The van der Waals surface area contributed by atoms with Crippen molar-refractivity contribution in [1.29, 1.82) is 0 Å². The van der Waals surface area contributed by atoms with Crippen LogP contribution in [0.4, 0.5) is 4.39 Å². The third-order valence-corrected chi connectivity index (χ3v) is 7.69. The summed E-state index contributed by atoms with van der Waals surface area (Å²) in [4.78, 5) is 0. The molecule has 26 heavy (non-hydrogen) atoms. The molecule has 3 aliphatic rings. The van der Waals surface area contributed by atoms with Crippen LogP contribution in [0, 0.1) is 41.4 Å². The van der Waals surface area contributed by atoms with Crippen LogP contribution in [-0.2, 0) is 0 Å². The SMILES string of the molecule is CCCCCC1CCC(C2CCC(C#CC3CCC(F)CC3)CC2)CC1. The van der Waals surface area contributed by atoms with Gasteiger partial charge in [-0.1, -0.05) is 57.3 Å². The predicted molar refractivity (Wildman–Crippen MR) is 110 cm³/mol. The fourth-order valence-electron chi connectivity index (χ4n) is 5.80. The Morgan fingerprint density at radius 3 is 1.69 bits per heavy atom. The van der Waals surface area contributed by atoms with E-state index >= 15 is 0 Å². The van der Waals surface area contributed by atoms with Crippen LogP contribution in [-0.4, -0.2) is 6.17 Å². The first-order chi connectivity index (χ1) is 12.7. The van der Waals surface area contributed by atoms with Crippen LogP contribution >= 0.6 is 0 Å². The first kappa shape index (κ1) is 20.2. The van der Waals surface area contributed by atoms with Crippen LogP contribution in [0.5, 0.6) is 0 Å². The lowest BCUT2D eigenvalue weighted by molar-refractivity contribution is 0.153. The summed E-state index contributed by atoms with van der Waals surface area (Å²) < 4.78 is 13.2. The largest absolute Gasteiger partial charge is 0.247 e. The maximum absolute atomic E-state index is 13.2. The number of hydrogen-bond acceptors (Lipinski definition) is 0. The lowest BCUT2D eigenvalue weighted by atomic mass is 9.68. The fourth-order valence-corrected chi connectivity index (χ4v) is 5.80. The molecule has 3 saturated carbocycles. The number of halogens is 1. The second-order valence-electron chi connectivity index (χ2n) is 9.63. The van der Waals surface area contributed by atoms with Gasteiger partial charge in [0.2, 0.25) is 0 Å². The van der Waals surface area contributed by atoms with Crippen molar-refractivity contribution < 1.29 is 4.39 Å². The molecule has 1 heteroatoms. The summed E-state index contributed by atoms with van der Waals surface area (Å²) in [6, 6.07) is 0. The average Bonchev–Trinajstić information content (AvgIpc) is 2.69. The summed E-state index contributed by atoms with van der Waals surface area (Å²) in [7, 11) is 0. The summed E-state index contributed by atoms with van der Waals surface area (Å²) in [5.74, 6) is 11.3. The highest BCUT2D eigenvalue weighted by atomic mass is 19.1. The van der Waals surface area contributed by atoms with Crippen molar-refractivity contribution in [2.24, 2.45) is 29.6 Å². The van der Waals surface area contributed by atoms with Gasteiger partial charge in [0.25, 0.3) is 0 Å². The zero-order valence-corrected chi connectivity index (χ0v) is 17.2. The van der Waals surface area contributed by atoms with E-state index in [4.69, 9.17) is 0 Å². The molecular weight excluding hydrogens is 319 g/mol. The smallest absolute Gasteiger partial charge is 0.100 e. The third kappa shape index (κ3) is 6.28. The quantitative estimate of drug-likeness (QED) is 0.348. The second-order valence-corrected chi connectivity index (χ2v) is 9.63. The van der Waals surface area contributed by atoms with Gasteiger partial charge in [-0.3, -0.25) is 0 Å². The van der Waals surface area contributed by atoms with E-state index in [1.165, 1.54) is 77.0 Å². The standard InChI is InChI=1S/C25H41F/c1-2-3-4-5-20-8-14-23(15-9-20)24-16-10-21(11-17-24)6-7-22-12-18-25(26)19-13-22/h20-25H,2-5,8-19H2,1H3. The summed E-state index contributed by atoms with van der Waals surface area (Å²) in [5, 5.41) is 0. The molecule has 0 aromatic heterocycles. The molecule has 3 aliphatic carbocycles. The van der Waals surface area contributed by atoms with Crippen molar-refractivity contribution in [3.8, 4) is 11.8 Å². The molecule has 0 nitrogen and oxygen atoms in total. The first-order valence-electron chi connectivity index (χ1n) is 11.9.